The molecule has 106 valence electrons. The molecule has 3 aromatic rings. The molecule has 7 heteroatoms. The molecule has 0 unspecified atom stereocenters. The highest BCUT2D eigenvalue weighted by Gasteiger charge is 2.08. The van der Waals surface area contributed by atoms with Crippen LogP contribution in [0.4, 0.5) is 0 Å². The highest BCUT2D eigenvalue weighted by molar-refractivity contribution is 6.30. The van der Waals surface area contributed by atoms with Crippen LogP contribution in [0.15, 0.2) is 45.7 Å². The van der Waals surface area contributed by atoms with Gasteiger partial charge in [-0.1, -0.05) is 28.9 Å². The van der Waals surface area contributed by atoms with Crippen LogP contribution in [-0.2, 0) is 6.54 Å². The summed E-state index contributed by atoms with van der Waals surface area (Å²) in [4.78, 5) is 15.9. The molecule has 0 aliphatic carbocycles. The molecular formula is C14H11ClN4O2. The third-order valence-corrected chi connectivity index (χ3v) is 3.12. The summed E-state index contributed by atoms with van der Waals surface area (Å²) in [7, 11) is 0. The van der Waals surface area contributed by atoms with Gasteiger partial charge in [0.15, 0.2) is 5.82 Å². The van der Waals surface area contributed by atoms with Crippen molar-refractivity contribution >= 4 is 11.6 Å². The lowest BCUT2D eigenvalue weighted by atomic mass is 10.1. The first kappa shape index (κ1) is 13.5. The van der Waals surface area contributed by atoms with Crippen molar-refractivity contribution in [3.63, 3.8) is 0 Å². The number of nitrogens with zero attached hydrogens (tertiary/aromatic N) is 4. The van der Waals surface area contributed by atoms with Crippen LogP contribution >= 0.6 is 11.6 Å². The monoisotopic (exact) mass is 302 g/mol. The second-order valence-corrected chi connectivity index (χ2v) is 4.89. The van der Waals surface area contributed by atoms with Gasteiger partial charge in [-0.25, -0.2) is 4.68 Å². The summed E-state index contributed by atoms with van der Waals surface area (Å²) in [5.74, 6) is 0.863. The molecule has 0 aliphatic rings. The number of aromatic nitrogens is 4. The van der Waals surface area contributed by atoms with Crippen molar-refractivity contribution < 1.29 is 4.52 Å². The molecule has 0 atom stereocenters. The summed E-state index contributed by atoms with van der Waals surface area (Å²) >= 11 is 5.86. The summed E-state index contributed by atoms with van der Waals surface area (Å²) in [5, 5.41) is 8.73. The SMILES string of the molecule is Cc1nc(Cn2nc(-c3ccc(Cl)cc3)ccc2=O)no1. The van der Waals surface area contributed by atoms with Crippen LogP contribution in [0.1, 0.15) is 11.7 Å². The fraction of sp³-hybridized carbons (Fsp3) is 0.143. The predicted molar refractivity (Wildman–Crippen MR) is 77.1 cm³/mol. The fourth-order valence-electron chi connectivity index (χ4n) is 1.88. The van der Waals surface area contributed by atoms with E-state index in [0.717, 1.165) is 5.56 Å². The summed E-state index contributed by atoms with van der Waals surface area (Å²) < 4.78 is 6.19. The Balaban J connectivity index is 1.96. The molecule has 2 heterocycles. The summed E-state index contributed by atoms with van der Waals surface area (Å²) in [6.07, 6.45) is 0. The van der Waals surface area contributed by atoms with Crippen LogP contribution in [0, 0.1) is 6.92 Å². The van der Waals surface area contributed by atoms with Gasteiger partial charge in [-0.15, -0.1) is 0 Å². The van der Waals surface area contributed by atoms with Gasteiger partial charge in [-0.3, -0.25) is 4.79 Å². The van der Waals surface area contributed by atoms with Crippen molar-refractivity contribution in [3.8, 4) is 11.3 Å². The van der Waals surface area contributed by atoms with Crippen molar-refractivity contribution in [2.75, 3.05) is 0 Å². The van der Waals surface area contributed by atoms with Gasteiger partial charge < -0.3 is 4.52 Å². The first-order valence-electron chi connectivity index (χ1n) is 6.25. The maximum Gasteiger partial charge on any atom is 0.267 e. The number of benzene rings is 1. The number of hydrogen-bond acceptors (Lipinski definition) is 5. The van der Waals surface area contributed by atoms with E-state index >= 15 is 0 Å². The zero-order valence-electron chi connectivity index (χ0n) is 11.2. The zero-order valence-corrected chi connectivity index (χ0v) is 11.9. The Bertz CT molecular complexity index is 823. The molecule has 0 aliphatic heterocycles. The van der Waals surface area contributed by atoms with E-state index < -0.39 is 0 Å². The van der Waals surface area contributed by atoms with Crippen LogP contribution in [-0.4, -0.2) is 19.9 Å². The number of rotatable bonds is 3. The Morgan fingerprint density at radius 3 is 2.62 bits per heavy atom. The van der Waals surface area contributed by atoms with Crippen molar-refractivity contribution in [2.24, 2.45) is 0 Å². The Labute approximate surface area is 125 Å². The lowest BCUT2D eigenvalue weighted by molar-refractivity contribution is 0.384. The molecule has 0 saturated heterocycles. The smallest absolute Gasteiger partial charge is 0.267 e. The molecule has 0 spiro atoms. The first-order chi connectivity index (χ1) is 10.1. The minimum absolute atomic E-state index is 0.164. The van der Waals surface area contributed by atoms with Gasteiger partial charge >= 0.3 is 0 Å². The van der Waals surface area contributed by atoms with Crippen molar-refractivity contribution in [2.45, 2.75) is 13.5 Å². The van der Waals surface area contributed by atoms with E-state index in [1.54, 1.807) is 25.1 Å². The Kier molecular flexibility index (Phi) is 3.53. The normalized spacial score (nSPS) is 10.8. The van der Waals surface area contributed by atoms with Gasteiger partial charge in [0, 0.05) is 23.6 Å². The number of halogens is 1. The topological polar surface area (TPSA) is 73.8 Å². The van der Waals surface area contributed by atoms with Crippen molar-refractivity contribution in [1.29, 1.82) is 0 Å². The highest BCUT2D eigenvalue weighted by atomic mass is 35.5. The second-order valence-electron chi connectivity index (χ2n) is 4.45. The largest absolute Gasteiger partial charge is 0.340 e. The third-order valence-electron chi connectivity index (χ3n) is 2.87. The molecular weight excluding hydrogens is 292 g/mol. The first-order valence-corrected chi connectivity index (χ1v) is 6.63. The third kappa shape index (κ3) is 3.00. The predicted octanol–water partition coefficient (Wildman–Crippen LogP) is 2.30. The summed E-state index contributed by atoms with van der Waals surface area (Å²) in [5.41, 5.74) is 1.32. The van der Waals surface area contributed by atoms with Crippen LogP contribution in [0.25, 0.3) is 11.3 Å². The van der Waals surface area contributed by atoms with E-state index in [-0.39, 0.29) is 12.1 Å². The fourth-order valence-corrected chi connectivity index (χ4v) is 2.00. The standard InChI is InChI=1S/C14H11ClN4O2/c1-9-16-13(18-21-9)8-19-14(20)7-6-12(17-19)10-2-4-11(15)5-3-10/h2-7H,8H2,1H3. The number of aryl methyl sites for hydroxylation is 1. The summed E-state index contributed by atoms with van der Waals surface area (Å²) in [6.45, 7) is 1.86. The minimum atomic E-state index is -0.227. The average Bonchev–Trinajstić information content (AvgIpc) is 2.88. The minimum Gasteiger partial charge on any atom is -0.340 e. The molecule has 0 saturated carbocycles. The van der Waals surface area contributed by atoms with E-state index in [4.69, 9.17) is 16.1 Å². The molecule has 0 fully saturated rings. The lowest BCUT2D eigenvalue weighted by Crippen LogP contribution is -2.23. The van der Waals surface area contributed by atoms with E-state index in [1.165, 1.54) is 10.7 Å². The van der Waals surface area contributed by atoms with E-state index in [9.17, 15) is 4.79 Å². The van der Waals surface area contributed by atoms with Crippen LogP contribution in [0.3, 0.4) is 0 Å². The molecule has 0 bridgehead atoms. The van der Waals surface area contributed by atoms with E-state index in [1.807, 2.05) is 12.1 Å². The molecule has 0 N–H and O–H groups in total. The quantitative estimate of drug-likeness (QED) is 0.742. The molecule has 21 heavy (non-hydrogen) atoms. The molecule has 2 aromatic heterocycles. The molecule has 6 nitrogen and oxygen atoms in total. The van der Waals surface area contributed by atoms with Crippen LogP contribution in [0.2, 0.25) is 5.02 Å². The van der Waals surface area contributed by atoms with Gasteiger partial charge in [0.05, 0.1) is 5.69 Å². The molecule has 0 amide bonds. The Morgan fingerprint density at radius 2 is 1.95 bits per heavy atom. The summed E-state index contributed by atoms with van der Waals surface area (Å²) in [6, 6.07) is 10.4. The lowest BCUT2D eigenvalue weighted by Gasteiger charge is -2.05. The molecule has 0 radical (unpaired) electrons. The van der Waals surface area contributed by atoms with E-state index in [2.05, 4.69) is 15.2 Å². The van der Waals surface area contributed by atoms with Gasteiger partial charge in [0.1, 0.15) is 6.54 Å². The Morgan fingerprint density at radius 1 is 1.19 bits per heavy atom. The molecule has 3 rings (SSSR count). The maximum absolute atomic E-state index is 11.9. The van der Waals surface area contributed by atoms with Gasteiger partial charge in [-0.2, -0.15) is 10.1 Å². The van der Waals surface area contributed by atoms with E-state index in [0.29, 0.717) is 22.4 Å². The van der Waals surface area contributed by atoms with Gasteiger partial charge in [0.2, 0.25) is 5.89 Å². The maximum atomic E-state index is 11.9. The number of hydrogen-bond donors (Lipinski definition) is 0. The highest BCUT2D eigenvalue weighted by Crippen LogP contribution is 2.18. The van der Waals surface area contributed by atoms with Gasteiger partial charge in [-0.05, 0) is 18.2 Å². The van der Waals surface area contributed by atoms with Crippen molar-refractivity contribution in [1.82, 2.24) is 19.9 Å². The average molecular weight is 303 g/mol. The zero-order chi connectivity index (χ0) is 14.8. The second kappa shape index (κ2) is 5.49. The molecule has 1 aromatic carbocycles. The van der Waals surface area contributed by atoms with Gasteiger partial charge in [0.25, 0.3) is 5.56 Å². The van der Waals surface area contributed by atoms with Crippen molar-refractivity contribution in [3.05, 3.63) is 63.5 Å². The van der Waals surface area contributed by atoms with Crippen LogP contribution in [0.5, 0.6) is 0 Å². The van der Waals surface area contributed by atoms with Crippen LogP contribution < -0.4 is 5.56 Å². The Hall–Kier alpha value is -2.47.